The third-order valence-corrected chi connectivity index (χ3v) is 5.46. The van der Waals surface area contributed by atoms with Gasteiger partial charge in [-0.25, -0.2) is 9.37 Å². The summed E-state index contributed by atoms with van der Waals surface area (Å²) in [5.74, 6) is -0.0354. The number of likely N-dealkylation sites (tertiary alicyclic amines) is 1. The summed E-state index contributed by atoms with van der Waals surface area (Å²) in [6.45, 7) is 1.17. The number of carbonyl (C=O) groups is 1. The summed E-state index contributed by atoms with van der Waals surface area (Å²) in [6.07, 6.45) is 3.07. The predicted octanol–water partition coefficient (Wildman–Crippen LogP) is 2.86. The third-order valence-electron chi connectivity index (χ3n) is 4.55. The molecule has 0 unspecified atom stereocenters. The predicted molar refractivity (Wildman–Crippen MR) is 98.9 cm³/mol. The van der Waals surface area contributed by atoms with Gasteiger partial charge in [0.05, 0.1) is 17.3 Å². The van der Waals surface area contributed by atoms with Gasteiger partial charge in [-0.2, -0.15) is 0 Å². The number of fused-ring (bicyclic) bond motifs is 1. The highest BCUT2D eigenvalue weighted by atomic mass is 32.1. The average molecular weight is 390 g/mol. The Bertz CT molecular complexity index is 978. The number of ether oxygens (including phenoxy) is 2. The first kappa shape index (κ1) is 17.7. The molecule has 4 rings (SSSR count). The summed E-state index contributed by atoms with van der Waals surface area (Å²) in [5, 5.41) is 4.67. The van der Waals surface area contributed by atoms with Gasteiger partial charge in [-0.05, 0) is 18.2 Å². The van der Waals surface area contributed by atoms with Crippen LogP contribution in [0.3, 0.4) is 0 Å². The largest absolute Gasteiger partial charge is 0.479 e. The monoisotopic (exact) mass is 390 g/mol. The van der Waals surface area contributed by atoms with Crippen LogP contribution in [-0.2, 0) is 7.05 Å². The molecule has 1 aliphatic heterocycles. The number of aromatic nitrogens is 3. The van der Waals surface area contributed by atoms with Crippen LogP contribution in [-0.4, -0.2) is 51.9 Å². The van der Waals surface area contributed by atoms with Crippen molar-refractivity contribution < 1.29 is 18.7 Å². The Morgan fingerprint density at radius 1 is 1.33 bits per heavy atom. The number of hydrogen-bond donors (Lipinski definition) is 0. The molecule has 1 amide bonds. The van der Waals surface area contributed by atoms with E-state index in [9.17, 15) is 9.18 Å². The summed E-state index contributed by atoms with van der Waals surface area (Å²) < 4.78 is 26.8. The lowest BCUT2D eigenvalue weighted by molar-refractivity contribution is 0.0592. The summed E-state index contributed by atoms with van der Waals surface area (Å²) in [4.78, 5) is 18.9. The van der Waals surface area contributed by atoms with Crippen molar-refractivity contribution in [3.8, 4) is 11.1 Å². The van der Waals surface area contributed by atoms with E-state index in [4.69, 9.17) is 9.47 Å². The minimum Gasteiger partial charge on any atom is -0.479 e. The van der Waals surface area contributed by atoms with Gasteiger partial charge in [0.2, 0.25) is 5.88 Å². The van der Waals surface area contributed by atoms with E-state index in [1.807, 2.05) is 0 Å². The van der Waals surface area contributed by atoms with E-state index in [0.29, 0.717) is 42.6 Å². The zero-order chi connectivity index (χ0) is 19.0. The molecule has 27 heavy (non-hydrogen) atoms. The van der Waals surface area contributed by atoms with Crippen LogP contribution < -0.4 is 9.47 Å². The van der Waals surface area contributed by atoms with E-state index in [1.165, 1.54) is 30.6 Å². The molecule has 1 saturated heterocycles. The van der Waals surface area contributed by atoms with E-state index in [-0.39, 0.29) is 17.8 Å². The number of hydrogen-bond acceptors (Lipinski definition) is 6. The molecule has 2 aromatic heterocycles. The second-order valence-corrected chi connectivity index (χ2v) is 7.42. The Morgan fingerprint density at radius 2 is 2.11 bits per heavy atom. The van der Waals surface area contributed by atoms with Crippen molar-refractivity contribution in [3.63, 3.8) is 0 Å². The molecule has 7 nitrogen and oxygen atoms in total. The van der Waals surface area contributed by atoms with E-state index in [2.05, 4.69) is 10.1 Å². The number of benzene rings is 1. The first-order valence-corrected chi connectivity index (χ1v) is 9.45. The van der Waals surface area contributed by atoms with Gasteiger partial charge in [0, 0.05) is 39.2 Å². The third kappa shape index (κ3) is 3.59. The van der Waals surface area contributed by atoms with Crippen LogP contribution in [0.2, 0.25) is 0 Å². The van der Waals surface area contributed by atoms with E-state index >= 15 is 0 Å². The smallest absolute Gasteiger partial charge is 0.274 e. The lowest BCUT2D eigenvalue weighted by atomic mass is 10.1. The van der Waals surface area contributed by atoms with Crippen molar-refractivity contribution in [2.75, 3.05) is 20.2 Å². The van der Waals surface area contributed by atoms with E-state index in [1.54, 1.807) is 28.9 Å². The van der Waals surface area contributed by atoms with Crippen LogP contribution in [0.15, 0.2) is 24.4 Å². The van der Waals surface area contributed by atoms with Crippen molar-refractivity contribution in [2.24, 2.45) is 7.05 Å². The average Bonchev–Trinajstić information content (AvgIpc) is 3.23. The van der Waals surface area contributed by atoms with E-state index in [0.717, 1.165) is 10.2 Å². The molecule has 9 heteroatoms. The first-order chi connectivity index (χ1) is 13.0. The second-order valence-electron chi connectivity index (χ2n) is 6.43. The van der Waals surface area contributed by atoms with Crippen LogP contribution in [0.4, 0.5) is 4.39 Å². The van der Waals surface area contributed by atoms with Gasteiger partial charge >= 0.3 is 0 Å². The maximum atomic E-state index is 13.3. The van der Waals surface area contributed by atoms with Crippen LogP contribution in [0.1, 0.15) is 23.2 Å². The lowest BCUT2D eigenvalue weighted by Gasteiger charge is -2.31. The molecule has 1 aromatic carbocycles. The fraction of sp³-hybridized carbons (Fsp3) is 0.389. The molecule has 0 aliphatic carbocycles. The van der Waals surface area contributed by atoms with Crippen molar-refractivity contribution in [3.05, 3.63) is 35.8 Å². The molecule has 3 heterocycles. The fourth-order valence-electron chi connectivity index (χ4n) is 3.18. The summed E-state index contributed by atoms with van der Waals surface area (Å²) in [5.41, 5.74) is 1.19. The van der Waals surface area contributed by atoms with Gasteiger partial charge in [0.1, 0.15) is 17.5 Å². The molecule has 3 aromatic rings. The molecular formula is C18H19FN4O3S. The minimum absolute atomic E-state index is 0.0183. The van der Waals surface area contributed by atoms with Crippen molar-refractivity contribution in [2.45, 2.75) is 18.9 Å². The second kappa shape index (κ2) is 7.15. The Labute approximate surface area is 159 Å². The summed E-state index contributed by atoms with van der Waals surface area (Å²) >= 11 is 1.34. The molecule has 142 valence electrons. The Hall–Kier alpha value is -2.68. The summed E-state index contributed by atoms with van der Waals surface area (Å²) in [7, 11) is 3.26. The number of amides is 1. The first-order valence-electron chi connectivity index (χ1n) is 8.63. The highest BCUT2D eigenvalue weighted by Crippen LogP contribution is 2.30. The number of thiazole rings is 1. The van der Waals surface area contributed by atoms with Gasteiger partial charge in [-0.1, -0.05) is 11.3 Å². The Kier molecular flexibility index (Phi) is 4.69. The Morgan fingerprint density at radius 3 is 2.85 bits per heavy atom. The molecule has 0 bridgehead atoms. The van der Waals surface area contributed by atoms with Gasteiger partial charge < -0.3 is 14.4 Å². The molecular weight excluding hydrogens is 371 g/mol. The van der Waals surface area contributed by atoms with Crippen molar-refractivity contribution in [1.29, 1.82) is 0 Å². The zero-order valence-electron chi connectivity index (χ0n) is 15.0. The fourth-order valence-corrected chi connectivity index (χ4v) is 4.09. The normalized spacial score (nSPS) is 15.3. The van der Waals surface area contributed by atoms with Gasteiger partial charge in [-0.15, -0.1) is 5.10 Å². The highest BCUT2D eigenvalue weighted by Gasteiger charge is 2.28. The number of rotatable bonds is 4. The molecule has 0 spiro atoms. The van der Waals surface area contributed by atoms with Crippen LogP contribution in [0.5, 0.6) is 11.1 Å². The minimum atomic E-state index is -0.282. The molecule has 1 fully saturated rings. The van der Waals surface area contributed by atoms with Crippen LogP contribution in [0.25, 0.3) is 10.2 Å². The van der Waals surface area contributed by atoms with Gasteiger partial charge in [0.25, 0.3) is 11.1 Å². The van der Waals surface area contributed by atoms with Gasteiger partial charge in [0.15, 0.2) is 0 Å². The number of aryl methyl sites for hydroxylation is 1. The number of carbonyl (C=O) groups excluding carboxylic acids is 1. The zero-order valence-corrected chi connectivity index (χ0v) is 15.8. The van der Waals surface area contributed by atoms with Crippen molar-refractivity contribution >= 4 is 27.5 Å². The number of piperidine rings is 1. The molecule has 0 N–H and O–H groups in total. The number of methoxy groups -OCH3 is 1. The number of nitrogens with zero attached hydrogens (tertiary/aromatic N) is 4. The SMILES string of the molecule is COc1nn(C)cc1C(=O)N1CCC(Oc2nc3ccc(F)cc3s2)CC1. The Balaban J connectivity index is 1.38. The standard InChI is InChI=1S/C18H19FN4O3S/c1-22-10-13(16(21-22)25-2)17(24)23-7-5-12(6-8-23)26-18-20-14-4-3-11(19)9-15(14)27-18/h3-4,9-10,12H,5-8H2,1-2H3. The van der Waals surface area contributed by atoms with Crippen LogP contribution >= 0.6 is 11.3 Å². The molecule has 0 atom stereocenters. The highest BCUT2D eigenvalue weighted by molar-refractivity contribution is 7.20. The summed E-state index contributed by atoms with van der Waals surface area (Å²) in [6, 6.07) is 4.50. The topological polar surface area (TPSA) is 69.5 Å². The molecule has 0 radical (unpaired) electrons. The quantitative estimate of drug-likeness (QED) is 0.685. The van der Waals surface area contributed by atoms with Crippen LogP contribution in [0, 0.1) is 5.82 Å². The van der Waals surface area contributed by atoms with Crippen molar-refractivity contribution in [1.82, 2.24) is 19.7 Å². The molecule has 1 aliphatic rings. The maximum absolute atomic E-state index is 13.3. The number of halogens is 1. The molecule has 0 saturated carbocycles. The maximum Gasteiger partial charge on any atom is 0.274 e. The van der Waals surface area contributed by atoms with E-state index < -0.39 is 0 Å². The lowest BCUT2D eigenvalue weighted by Crippen LogP contribution is -2.41. The van der Waals surface area contributed by atoms with Gasteiger partial charge in [-0.3, -0.25) is 9.48 Å².